The fraction of sp³-hybridized carbons (Fsp3) is 0.320. The van der Waals surface area contributed by atoms with E-state index in [1.54, 1.807) is 13.8 Å². The monoisotopic (exact) mass is 418 g/mol. The third-order valence-corrected chi connectivity index (χ3v) is 5.27. The van der Waals surface area contributed by atoms with Gasteiger partial charge in [-0.2, -0.15) is 0 Å². The van der Waals surface area contributed by atoms with Gasteiger partial charge in [0, 0.05) is 42.7 Å². The van der Waals surface area contributed by atoms with Crippen LogP contribution in [0.5, 0.6) is 0 Å². The smallest absolute Gasteiger partial charge is 0.344 e. The summed E-state index contributed by atoms with van der Waals surface area (Å²) >= 11 is 0. The zero-order valence-corrected chi connectivity index (χ0v) is 17.8. The molecule has 1 aromatic heterocycles. The molecule has 0 radical (unpaired) electrons. The third kappa shape index (κ3) is 4.91. The molecular weight excluding hydrogens is 392 g/mol. The molecule has 2 heterocycles. The first-order valence-corrected chi connectivity index (χ1v) is 10.5. The lowest BCUT2D eigenvalue weighted by Gasteiger charge is -2.30. The zero-order chi connectivity index (χ0) is 21.8. The number of rotatable bonds is 6. The summed E-state index contributed by atoms with van der Waals surface area (Å²) in [4.78, 5) is 32.1. The Balaban J connectivity index is 1.63. The van der Waals surface area contributed by atoms with Crippen LogP contribution in [-0.2, 0) is 33.8 Å². The van der Waals surface area contributed by atoms with Crippen molar-refractivity contribution in [3.8, 4) is 0 Å². The molecule has 0 atom stereocenters. The van der Waals surface area contributed by atoms with Crippen LogP contribution in [0.2, 0.25) is 0 Å². The van der Waals surface area contributed by atoms with Gasteiger partial charge < -0.3 is 9.47 Å². The Morgan fingerprint density at radius 3 is 2.58 bits per heavy atom. The molecule has 0 bridgehead atoms. The second-order valence-electron chi connectivity index (χ2n) is 7.99. The van der Waals surface area contributed by atoms with E-state index in [0.717, 1.165) is 41.7 Å². The maximum atomic E-state index is 13.1. The lowest BCUT2D eigenvalue weighted by Crippen LogP contribution is -2.32. The van der Waals surface area contributed by atoms with Gasteiger partial charge >= 0.3 is 11.9 Å². The molecule has 0 aliphatic carbocycles. The highest BCUT2D eigenvalue weighted by Crippen LogP contribution is 2.29. The molecule has 160 valence electrons. The number of carbonyl (C=O) groups is 2. The number of nitrogens with zero attached hydrogens (tertiary/aromatic N) is 2. The number of aromatic nitrogens is 1. The Morgan fingerprint density at radius 1 is 1.06 bits per heavy atom. The first kappa shape index (κ1) is 21.0. The van der Waals surface area contributed by atoms with Crippen molar-refractivity contribution in [1.29, 1.82) is 0 Å². The quantitative estimate of drug-likeness (QED) is 0.566. The van der Waals surface area contributed by atoms with Crippen LogP contribution in [0.25, 0.3) is 10.9 Å². The van der Waals surface area contributed by atoms with Gasteiger partial charge in [0.15, 0.2) is 6.61 Å². The molecule has 0 saturated carbocycles. The Labute approximate surface area is 181 Å². The van der Waals surface area contributed by atoms with Gasteiger partial charge in [-0.1, -0.05) is 48.5 Å². The van der Waals surface area contributed by atoms with Gasteiger partial charge in [-0.05, 0) is 25.5 Å². The molecule has 0 spiro atoms. The maximum Gasteiger partial charge on any atom is 0.344 e. The fourth-order valence-electron chi connectivity index (χ4n) is 3.95. The number of benzene rings is 2. The maximum absolute atomic E-state index is 13.1. The predicted molar refractivity (Wildman–Crippen MR) is 118 cm³/mol. The molecule has 4 rings (SSSR count). The highest BCUT2D eigenvalue weighted by Gasteiger charge is 2.27. The lowest BCUT2D eigenvalue weighted by atomic mass is 9.95. The van der Waals surface area contributed by atoms with E-state index in [4.69, 9.17) is 14.5 Å². The van der Waals surface area contributed by atoms with E-state index in [1.807, 2.05) is 42.5 Å². The Kier molecular flexibility index (Phi) is 6.28. The van der Waals surface area contributed by atoms with E-state index in [-0.39, 0.29) is 6.10 Å². The van der Waals surface area contributed by atoms with Crippen LogP contribution in [0.3, 0.4) is 0 Å². The molecule has 1 aliphatic heterocycles. The third-order valence-electron chi connectivity index (χ3n) is 5.27. The van der Waals surface area contributed by atoms with Crippen molar-refractivity contribution in [2.45, 2.75) is 39.5 Å². The molecule has 0 unspecified atom stereocenters. The van der Waals surface area contributed by atoms with Gasteiger partial charge in [0.25, 0.3) is 0 Å². The second kappa shape index (κ2) is 9.27. The van der Waals surface area contributed by atoms with Gasteiger partial charge in [-0.15, -0.1) is 0 Å². The van der Waals surface area contributed by atoms with Crippen molar-refractivity contribution in [2.75, 3.05) is 13.2 Å². The highest BCUT2D eigenvalue weighted by molar-refractivity contribution is 6.05. The average molecular weight is 418 g/mol. The fourth-order valence-corrected chi connectivity index (χ4v) is 3.95. The number of hydrogen-bond acceptors (Lipinski definition) is 6. The number of pyridine rings is 1. The summed E-state index contributed by atoms with van der Waals surface area (Å²) in [6.07, 6.45) is 0.495. The number of fused-ring (bicyclic) bond motifs is 2. The van der Waals surface area contributed by atoms with E-state index in [9.17, 15) is 9.59 Å². The minimum absolute atomic E-state index is 0.257. The summed E-state index contributed by atoms with van der Waals surface area (Å²) in [5.74, 6) is -1.07. The molecule has 0 saturated heterocycles. The minimum Gasteiger partial charge on any atom is -0.460 e. The van der Waals surface area contributed by atoms with E-state index >= 15 is 0 Å². The van der Waals surface area contributed by atoms with Gasteiger partial charge in [-0.3, -0.25) is 9.88 Å². The molecule has 31 heavy (non-hydrogen) atoms. The molecule has 2 aromatic carbocycles. The van der Waals surface area contributed by atoms with Crippen molar-refractivity contribution in [3.63, 3.8) is 0 Å². The van der Waals surface area contributed by atoms with Gasteiger partial charge in [0.1, 0.15) is 0 Å². The van der Waals surface area contributed by atoms with Crippen LogP contribution < -0.4 is 0 Å². The normalized spacial score (nSPS) is 13.8. The van der Waals surface area contributed by atoms with Crippen molar-refractivity contribution < 1.29 is 19.1 Å². The standard InChI is InChI=1S/C25H26N2O4/c1-17(2)31-23(28)16-30-25(29)24-19-10-6-7-11-21(19)26-22-12-13-27(15-20(22)24)14-18-8-4-3-5-9-18/h3-11,17H,12-16H2,1-2H3. The number of para-hydroxylation sites is 1. The molecule has 0 fully saturated rings. The van der Waals surface area contributed by atoms with Crippen LogP contribution in [0.4, 0.5) is 0 Å². The van der Waals surface area contributed by atoms with Crippen LogP contribution in [-0.4, -0.2) is 41.1 Å². The first-order chi connectivity index (χ1) is 15.0. The minimum atomic E-state index is -0.554. The van der Waals surface area contributed by atoms with Crippen LogP contribution in [0.15, 0.2) is 54.6 Å². The molecular formula is C25H26N2O4. The van der Waals surface area contributed by atoms with E-state index in [0.29, 0.717) is 12.1 Å². The molecule has 6 nitrogen and oxygen atoms in total. The van der Waals surface area contributed by atoms with Gasteiger partial charge in [-0.25, -0.2) is 9.59 Å². The highest BCUT2D eigenvalue weighted by atomic mass is 16.6. The molecule has 6 heteroatoms. The topological polar surface area (TPSA) is 68.7 Å². The zero-order valence-electron chi connectivity index (χ0n) is 17.8. The number of carbonyl (C=O) groups excluding carboxylic acids is 2. The lowest BCUT2D eigenvalue weighted by molar-refractivity contribution is -0.150. The molecule has 0 amide bonds. The first-order valence-electron chi connectivity index (χ1n) is 10.5. The summed E-state index contributed by atoms with van der Waals surface area (Å²) in [5, 5.41) is 0.741. The summed E-state index contributed by atoms with van der Waals surface area (Å²) in [6.45, 7) is 5.37. The van der Waals surface area contributed by atoms with Gasteiger partial charge in [0.2, 0.25) is 0 Å². The Morgan fingerprint density at radius 2 is 1.81 bits per heavy atom. The van der Waals surface area contributed by atoms with Crippen LogP contribution in [0, 0.1) is 0 Å². The van der Waals surface area contributed by atoms with E-state index in [1.165, 1.54) is 5.56 Å². The van der Waals surface area contributed by atoms with Crippen molar-refractivity contribution in [3.05, 3.63) is 77.0 Å². The molecule has 0 N–H and O–H groups in total. The largest absolute Gasteiger partial charge is 0.460 e. The summed E-state index contributed by atoms with van der Waals surface area (Å²) in [6, 6.07) is 17.8. The number of hydrogen-bond donors (Lipinski definition) is 0. The van der Waals surface area contributed by atoms with Crippen LogP contribution in [0.1, 0.15) is 41.0 Å². The summed E-state index contributed by atoms with van der Waals surface area (Å²) in [5.41, 5.74) is 4.27. The average Bonchev–Trinajstić information content (AvgIpc) is 2.76. The van der Waals surface area contributed by atoms with E-state index < -0.39 is 18.5 Å². The summed E-state index contributed by atoms with van der Waals surface area (Å²) in [7, 11) is 0. The Hall–Kier alpha value is -3.25. The van der Waals surface area contributed by atoms with E-state index in [2.05, 4.69) is 17.0 Å². The summed E-state index contributed by atoms with van der Waals surface area (Å²) < 4.78 is 10.4. The second-order valence-corrected chi connectivity index (χ2v) is 7.99. The van der Waals surface area contributed by atoms with Gasteiger partial charge in [0.05, 0.1) is 17.2 Å². The predicted octanol–water partition coefficient (Wildman–Crippen LogP) is 3.90. The molecule has 3 aromatic rings. The van der Waals surface area contributed by atoms with Crippen molar-refractivity contribution in [2.24, 2.45) is 0 Å². The van der Waals surface area contributed by atoms with Crippen molar-refractivity contribution >= 4 is 22.8 Å². The Bertz CT molecular complexity index is 1100. The number of ether oxygens (including phenoxy) is 2. The van der Waals surface area contributed by atoms with Crippen molar-refractivity contribution in [1.82, 2.24) is 9.88 Å². The SMILES string of the molecule is CC(C)OC(=O)COC(=O)c1c2c(nc3ccccc13)CCN(Cc1ccccc1)C2. The number of esters is 2. The molecule has 1 aliphatic rings. The van der Waals surface area contributed by atoms with Crippen LogP contribution >= 0.6 is 0 Å².